The Bertz CT molecular complexity index is 1220. The van der Waals surface area contributed by atoms with Crippen molar-refractivity contribution in [2.24, 2.45) is 11.3 Å². The van der Waals surface area contributed by atoms with Gasteiger partial charge in [0.15, 0.2) is 0 Å². The lowest BCUT2D eigenvalue weighted by molar-refractivity contribution is -0.122. The molecule has 2 aromatic heterocycles. The van der Waals surface area contributed by atoms with Gasteiger partial charge in [0, 0.05) is 74.4 Å². The monoisotopic (exact) mass is 506 g/mol. The number of rotatable bonds is 8. The highest BCUT2D eigenvalue weighted by Crippen LogP contribution is 2.43. The van der Waals surface area contributed by atoms with Gasteiger partial charge >= 0.3 is 0 Å². The van der Waals surface area contributed by atoms with Gasteiger partial charge in [-0.05, 0) is 50.1 Å². The molecule has 1 aliphatic carbocycles. The lowest BCUT2D eigenvalue weighted by atomic mass is 9.72. The van der Waals surface area contributed by atoms with Gasteiger partial charge < -0.3 is 15.5 Å². The minimum atomic E-state index is -0.961. The number of fused-ring (bicyclic) bond motifs is 1. The van der Waals surface area contributed by atoms with Crippen LogP contribution in [0.1, 0.15) is 34.1 Å². The van der Waals surface area contributed by atoms with Gasteiger partial charge in [-0.2, -0.15) is 5.10 Å². The largest absolute Gasteiger partial charge is 0.381 e. The van der Waals surface area contributed by atoms with Crippen LogP contribution in [0, 0.1) is 11.3 Å². The zero-order valence-corrected chi connectivity index (χ0v) is 22.4. The van der Waals surface area contributed by atoms with Gasteiger partial charge in [0.1, 0.15) is 6.17 Å². The van der Waals surface area contributed by atoms with E-state index in [4.69, 9.17) is 0 Å². The molecule has 1 amide bonds. The maximum Gasteiger partial charge on any atom is 0.226 e. The highest BCUT2D eigenvalue weighted by molar-refractivity contribution is 5.82. The number of carbonyl (C=O) groups excluding carboxylic acids is 1. The van der Waals surface area contributed by atoms with Crippen LogP contribution in [0.5, 0.6) is 0 Å². The van der Waals surface area contributed by atoms with Gasteiger partial charge in [0.05, 0.1) is 17.1 Å². The number of anilines is 2. The molecule has 37 heavy (non-hydrogen) atoms. The second-order valence-electron chi connectivity index (χ2n) is 10.8. The number of alkyl halides is 1. The topological polar surface area (TPSA) is 64.9 Å². The Kier molecular flexibility index (Phi) is 7.12. The molecule has 3 aliphatic rings. The van der Waals surface area contributed by atoms with Gasteiger partial charge in [-0.1, -0.05) is 26.0 Å². The van der Waals surface area contributed by atoms with Crippen molar-refractivity contribution in [1.82, 2.24) is 19.8 Å². The number of aromatic nitrogens is 2. The first-order chi connectivity index (χ1) is 17.9. The molecule has 6 rings (SSSR count). The fraction of sp³-hybridized carbons (Fsp3) is 0.517. The van der Waals surface area contributed by atoms with Gasteiger partial charge in [-0.25, -0.2) is 8.91 Å². The Morgan fingerprint density at radius 3 is 2.43 bits per heavy atom. The average molecular weight is 507 g/mol. The Hall–Kier alpha value is -3.13. The van der Waals surface area contributed by atoms with E-state index in [0.717, 1.165) is 35.4 Å². The first kappa shape index (κ1) is 25.5. The third kappa shape index (κ3) is 5.17. The summed E-state index contributed by atoms with van der Waals surface area (Å²) in [6.07, 6.45) is 3.20. The average Bonchev–Trinajstić information content (AvgIpc) is 3.42. The molecule has 2 saturated heterocycles. The van der Waals surface area contributed by atoms with E-state index in [0.29, 0.717) is 31.0 Å². The SMILES string of the molecule is CC.CC(C)N1CC2(CN(c3ccc(-c4cc5c(NCCNC(=O)[C@H]6C[C@@H]6F)ccnn5c4)cc3)C2)C1. The Morgan fingerprint density at radius 2 is 1.78 bits per heavy atom. The number of halogens is 1. The fourth-order valence-electron chi connectivity index (χ4n) is 5.46. The minimum absolute atomic E-state index is 0.189. The van der Waals surface area contributed by atoms with Crippen molar-refractivity contribution >= 4 is 22.8 Å². The molecule has 8 heteroatoms. The molecule has 2 aliphatic heterocycles. The van der Waals surface area contributed by atoms with Crippen LogP contribution in [0.25, 0.3) is 16.6 Å². The number of nitrogens with zero attached hydrogens (tertiary/aromatic N) is 4. The van der Waals surface area contributed by atoms with Crippen molar-refractivity contribution in [3.05, 3.63) is 48.8 Å². The third-order valence-electron chi connectivity index (χ3n) is 7.72. The van der Waals surface area contributed by atoms with Crippen LogP contribution in [0.3, 0.4) is 0 Å². The molecule has 198 valence electrons. The maximum absolute atomic E-state index is 13.0. The number of hydrogen-bond donors (Lipinski definition) is 2. The van der Waals surface area contributed by atoms with Crippen LogP contribution in [0.4, 0.5) is 15.8 Å². The summed E-state index contributed by atoms with van der Waals surface area (Å²) in [6.45, 7) is 14.3. The first-order valence-corrected chi connectivity index (χ1v) is 13.6. The van der Waals surface area contributed by atoms with Crippen molar-refractivity contribution in [3.63, 3.8) is 0 Å². The molecule has 0 radical (unpaired) electrons. The maximum atomic E-state index is 13.0. The van der Waals surface area contributed by atoms with E-state index in [-0.39, 0.29) is 5.91 Å². The highest BCUT2D eigenvalue weighted by Gasteiger charge is 2.52. The molecule has 3 aromatic rings. The summed E-state index contributed by atoms with van der Waals surface area (Å²) >= 11 is 0. The highest BCUT2D eigenvalue weighted by atomic mass is 19.1. The Morgan fingerprint density at radius 1 is 1.08 bits per heavy atom. The van der Waals surface area contributed by atoms with E-state index >= 15 is 0 Å². The van der Waals surface area contributed by atoms with Gasteiger partial charge in [-0.15, -0.1) is 0 Å². The molecule has 4 heterocycles. The Labute approximate surface area is 219 Å². The van der Waals surface area contributed by atoms with E-state index < -0.39 is 12.1 Å². The summed E-state index contributed by atoms with van der Waals surface area (Å²) in [5.74, 6) is -0.635. The summed E-state index contributed by atoms with van der Waals surface area (Å²) in [6, 6.07) is 13.5. The summed E-state index contributed by atoms with van der Waals surface area (Å²) < 4.78 is 14.9. The number of benzene rings is 1. The van der Waals surface area contributed by atoms with Crippen LogP contribution in [0.2, 0.25) is 0 Å². The van der Waals surface area contributed by atoms with E-state index in [1.165, 1.54) is 18.8 Å². The molecule has 2 atom stereocenters. The molecule has 3 fully saturated rings. The van der Waals surface area contributed by atoms with Crippen molar-refractivity contribution in [3.8, 4) is 11.1 Å². The zero-order chi connectivity index (χ0) is 26.2. The summed E-state index contributed by atoms with van der Waals surface area (Å²) in [7, 11) is 0. The van der Waals surface area contributed by atoms with Crippen molar-refractivity contribution < 1.29 is 9.18 Å². The van der Waals surface area contributed by atoms with Crippen molar-refractivity contribution in [2.45, 2.75) is 46.3 Å². The second kappa shape index (κ2) is 10.3. The predicted molar refractivity (Wildman–Crippen MR) is 148 cm³/mol. The number of likely N-dealkylation sites (tertiary alicyclic amines) is 1. The normalized spacial score (nSPS) is 21.7. The van der Waals surface area contributed by atoms with Crippen LogP contribution in [0.15, 0.2) is 48.8 Å². The Balaban J connectivity index is 0.00000137. The molecular weight excluding hydrogens is 467 g/mol. The van der Waals surface area contributed by atoms with Crippen LogP contribution in [-0.4, -0.2) is 71.9 Å². The molecule has 0 unspecified atom stereocenters. The summed E-state index contributed by atoms with van der Waals surface area (Å²) in [4.78, 5) is 16.8. The first-order valence-electron chi connectivity index (χ1n) is 13.6. The van der Waals surface area contributed by atoms with E-state index in [1.807, 2.05) is 30.6 Å². The van der Waals surface area contributed by atoms with Crippen molar-refractivity contribution in [2.75, 3.05) is 49.5 Å². The summed E-state index contributed by atoms with van der Waals surface area (Å²) in [5.41, 5.74) is 6.00. The minimum Gasteiger partial charge on any atom is -0.381 e. The molecule has 7 nitrogen and oxygen atoms in total. The fourth-order valence-corrected chi connectivity index (χ4v) is 5.46. The second-order valence-corrected chi connectivity index (χ2v) is 10.8. The van der Waals surface area contributed by atoms with Crippen molar-refractivity contribution in [1.29, 1.82) is 0 Å². The molecule has 1 aromatic carbocycles. The van der Waals surface area contributed by atoms with Crippen LogP contribution >= 0.6 is 0 Å². The number of nitrogens with one attached hydrogen (secondary N) is 2. The predicted octanol–water partition coefficient (Wildman–Crippen LogP) is 4.44. The van der Waals surface area contributed by atoms with Gasteiger partial charge in [-0.3, -0.25) is 9.69 Å². The lowest BCUT2D eigenvalue weighted by Gasteiger charge is -2.62. The van der Waals surface area contributed by atoms with Crippen LogP contribution in [-0.2, 0) is 4.79 Å². The molecular formula is C29H39FN6O. The quantitative estimate of drug-likeness (QED) is 0.442. The smallest absolute Gasteiger partial charge is 0.226 e. The molecule has 2 N–H and O–H groups in total. The number of carbonyl (C=O) groups is 1. The zero-order valence-electron chi connectivity index (χ0n) is 22.4. The van der Waals surface area contributed by atoms with E-state index in [1.54, 1.807) is 6.20 Å². The molecule has 0 bridgehead atoms. The third-order valence-corrected chi connectivity index (χ3v) is 7.72. The summed E-state index contributed by atoms with van der Waals surface area (Å²) in [5, 5.41) is 10.6. The number of hydrogen-bond acceptors (Lipinski definition) is 5. The lowest BCUT2D eigenvalue weighted by Crippen LogP contribution is -2.73. The number of amides is 1. The molecule has 1 saturated carbocycles. The standard InChI is InChI=1S/C27H33FN6O.C2H6/c1-18(2)32-14-27(15-32)16-33(17-27)21-5-3-19(4-6-21)20-11-25-24(7-8-31-34(25)13-20)29-9-10-30-26(35)22-12-23(22)28;1-2/h3-8,11,13,18,22-23,29H,9-10,12,14-17H2,1-2H3,(H,30,35);1-2H3/t22-,23-;/m0./s1. The van der Waals surface area contributed by atoms with Crippen LogP contribution < -0.4 is 15.5 Å². The van der Waals surface area contributed by atoms with E-state index in [2.05, 4.69) is 69.7 Å². The van der Waals surface area contributed by atoms with Gasteiger partial charge in [0.2, 0.25) is 5.91 Å². The van der Waals surface area contributed by atoms with Gasteiger partial charge in [0.25, 0.3) is 0 Å². The van der Waals surface area contributed by atoms with E-state index in [9.17, 15) is 9.18 Å². The molecule has 1 spiro atoms.